The highest BCUT2D eigenvalue weighted by Crippen LogP contribution is 2.40. The first-order chi connectivity index (χ1) is 17.2. The molecule has 0 amide bonds. The zero-order valence-corrected chi connectivity index (χ0v) is 19.6. The van der Waals surface area contributed by atoms with Gasteiger partial charge in [0.1, 0.15) is 5.56 Å². The highest BCUT2D eigenvalue weighted by molar-refractivity contribution is 6.25. The molecular weight excluding hydrogens is 466 g/mol. The third-order valence-electron chi connectivity index (χ3n) is 5.41. The molecule has 0 atom stereocenters. The fourth-order valence-electron chi connectivity index (χ4n) is 3.68. The molecule has 3 rings (SSSR count). The maximum atomic E-state index is 12.0. The maximum absolute atomic E-state index is 12.0. The number of nitro groups is 3. The quantitative estimate of drug-likeness (QED) is 0.221. The summed E-state index contributed by atoms with van der Waals surface area (Å²) < 4.78 is 0. The molecule has 3 aromatic carbocycles. The van der Waals surface area contributed by atoms with Gasteiger partial charge in [0.15, 0.2) is 0 Å². The van der Waals surface area contributed by atoms with Crippen LogP contribution in [0.3, 0.4) is 0 Å². The average molecular weight is 489 g/mol. The van der Waals surface area contributed by atoms with Gasteiger partial charge in [-0.1, -0.05) is 60.7 Å². The standard InChI is InChI=1S/C25H23N5O6/c1-17(26-15-19-9-5-3-6-10-19)24(18(2)27-16-20-11-7-4-8-12-20)25-22(29(33)34)13-21(28(31)32)14-23(25)30(35)36/h3-14,26H,15-16H2,1-2H3. The summed E-state index contributed by atoms with van der Waals surface area (Å²) in [4.78, 5) is 37.2. The Bertz CT molecular complexity index is 1320. The van der Waals surface area contributed by atoms with Crippen LogP contribution < -0.4 is 5.32 Å². The molecule has 0 aliphatic rings. The van der Waals surface area contributed by atoms with Crippen molar-refractivity contribution in [3.63, 3.8) is 0 Å². The van der Waals surface area contributed by atoms with Crippen LogP contribution in [0.2, 0.25) is 0 Å². The van der Waals surface area contributed by atoms with Gasteiger partial charge in [0.05, 0.1) is 33.4 Å². The maximum Gasteiger partial charge on any atom is 0.291 e. The first-order valence-electron chi connectivity index (χ1n) is 10.8. The normalized spacial score (nSPS) is 12.0. The molecule has 0 bridgehead atoms. The van der Waals surface area contributed by atoms with E-state index in [9.17, 15) is 30.3 Å². The number of nitrogens with one attached hydrogen (secondary N) is 1. The monoisotopic (exact) mass is 489 g/mol. The first-order valence-corrected chi connectivity index (χ1v) is 10.8. The highest BCUT2D eigenvalue weighted by atomic mass is 16.6. The summed E-state index contributed by atoms with van der Waals surface area (Å²) in [6, 6.07) is 20.1. The highest BCUT2D eigenvalue weighted by Gasteiger charge is 2.34. The predicted molar refractivity (Wildman–Crippen MR) is 136 cm³/mol. The van der Waals surface area contributed by atoms with Crippen LogP contribution in [0.5, 0.6) is 0 Å². The molecule has 0 aliphatic carbocycles. The van der Waals surface area contributed by atoms with Gasteiger partial charge in [0.25, 0.3) is 17.1 Å². The minimum atomic E-state index is -0.899. The van der Waals surface area contributed by atoms with Gasteiger partial charge in [-0.05, 0) is 25.0 Å². The topological polar surface area (TPSA) is 154 Å². The van der Waals surface area contributed by atoms with Crippen molar-refractivity contribution < 1.29 is 14.8 Å². The Morgan fingerprint density at radius 3 is 1.75 bits per heavy atom. The van der Waals surface area contributed by atoms with Crippen molar-refractivity contribution in [3.8, 4) is 0 Å². The Morgan fingerprint density at radius 2 is 1.28 bits per heavy atom. The van der Waals surface area contributed by atoms with Gasteiger partial charge in [-0.25, -0.2) is 0 Å². The number of rotatable bonds is 10. The molecule has 11 heteroatoms. The summed E-state index contributed by atoms with van der Waals surface area (Å²) in [6.45, 7) is 3.81. The molecule has 36 heavy (non-hydrogen) atoms. The molecule has 11 nitrogen and oxygen atoms in total. The lowest BCUT2D eigenvalue weighted by atomic mass is 9.95. The molecular formula is C25H23N5O6. The smallest absolute Gasteiger partial charge is 0.291 e. The fraction of sp³-hybridized carbons (Fsp3) is 0.160. The molecule has 3 aromatic rings. The summed E-state index contributed by atoms with van der Waals surface area (Å²) >= 11 is 0. The minimum Gasteiger partial charge on any atom is -0.384 e. The number of benzene rings is 3. The lowest BCUT2D eigenvalue weighted by Gasteiger charge is -2.16. The van der Waals surface area contributed by atoms with Crippen LogP contribution in [0.4, 0.5) is 17.1 Å². The lowest BCUT2D eigenvalue weighted by molar-refractivity contribution is -0.403. The van der Waals surface area contributed by atoms with E-state index in [0.29, 0.717) is 18.0 Å². The van der Waals surface area contributed by atoms with Crippen molar-refractivity contribution in [3.05, 3.63) is 126 Å². The van der Waals surface area contributed by atoms with Gasteiger partial charge < -0.3 is 5.32 Å². The SMILES string of the molecule is CC(=NCc1ccccc1)C(=C(C)NCc1ccccc1)c1c([N+](=O)[O-])cc([N+](=O)[O-])cc1[N+](=O)[O-]. The van der Waals surface area contributed by atoms with E-state index in [2.05, 4.69) is 10.3 Å². The van der Waals surface area contributed by atoms with E-state index in [-0.39, 0.29) is 17.7 Å². The van der Waals surface area contributed by atoms with E-state index in [1.54, 1.807) is 13.8 Å². The lowest BCUT2D eigenvalue weighted by Crippen LogP contribution is -2.17. The average Bonchev–Trinajstić information content (AvgIpc) is 2.87. The number of nitro benzene ring substituents is 3. The van der Waals surface area contributed by atoms with Gasteiger partial charge in [-0.2, -0.15) is 0 Å². The van der Waals surface area contributed by atoms with Crippen LogP contribution in [-0.2, 0) is 13.1 Å². The molecule has 0 radical (unpaired) electrons. The van der Waals surface area contributed by atoms with Crippen molar-refractivity contribution in [2.75, 3.05) is 0 Å². The van der Waals surface area contributed by atoms with Gasteiger partial charge in [0.2, 0.25) is 0 Å². The Kier molecular flexibility index (Phi) is 8.18. The van der Waals surface area contributed by atoms with Crippen molar-refractivity contribution in [1.29, 1.82) is 0 Å². The van der Waals surface area contributed by atoms with E-state index < -0.39 is 31.8 Å². The van der Waals surface area contributed by atoms with Crippen LogP contribution in [0, 0.1) is 30.3 Å². The molecule has 0 spiro atoms. The summed E-state index contributed by atoms with van der Waals surface area (Å²) in [5.41, 5.74) is 0.0391. The molecule has 1 N–H and O–H groups in total. The first kappa shape index (κ1) is 25.7. The second kappa shape index (κ2) is 11.5. The second-order valence-electron chi connectivity index (χ2n) is 7.86. The molecule has 0 fully saturated rings. The van der Waals surface area contributed by atoms with Crippen LogP contribution in [-0.4, -0.2) is 20.5 Å². The molecule has 0 saturated heterocycles. The summed E-state index contributed by atoms with van der Waals surface area (Å²) in [5.74, 6) is 0. The molecule has 0 heterocycles. The van der Waals surface area contributed by atoms with Gasteiger partial charge in [-0.3, -0.25) is 35.3 Å². The second-order valence-corrected chi connectivity index (χ2v) is 7.86. The van der Waals surface area contributed by atoms with E-state index in [1.165, 1.54) is 0 Å². The largest absolute Gasteiger partial charge is 0.384 e. The molecule has 184 valence electrons. The molecule has 0 unspecified atom stereocenters. The molecule has 0 aromatic heterocycles. The number of hydrogen-bond donors (Lipinski definition) is 1. The van der Waals surface area contributed by atoms with Crippen LogP contribution in [0.25, 0.3) is 5.57 Å². The van der Waals surface area contributed by atoms with Crippen molar-refractivity contribution in [2.24, 2.45) is 4.99 Å². The third kappa shape index (κ3) is 6.14. The Labute approximate surface area is 206 Å². The van der Waals surface area contributed by atoms with E-state index in [1.807, 2.05) is 60.7 Å². The minimum absolute atomic E-state index is 0.134. The van der Waals surface area contributed by atoms with Gasteiger partial charge in [0, 0.05) is 23.5 Å². The number of hydrogen-bond acceptors (Lipinski definition) is 8. The fourth-order valence-corrected chi connectivity index (χ4v) is 3.68. The van der Waals surface area contributed by atoms with Crippen LogP contribution >= 0.6 is 0 Å². The Morgan fingerprint density at radius 1 is 0.778 bits per heavy atom. The number of nitrogens with zero attached hydrogens (tertiary/aromatic N) is 4. The van der Waals surface area contributed by atoms with Gasteiger partial charge >= 0.3 is 0 Å². The van der Waals surface area contributed by atoms with Crippen LogP contribution in [0.15, 0.2) is 83.5 Å². The van der Waals surface area contributed by atoms with Crippen molar-refractivity contribution >= 4 is 28.3 Å². The Hall–Kier alpha value is -4.93. The number of aliphatic imine (C=N–C) groups is 1. The van der Waals surface area contributed by atoms with Crippen LogP contribution in [0.1, 0.15) is 30.5 Å². The zero-order valence-electron chi connectivity index (χ0n) is 19.6. The third-order valence-corrected chi connectivity index (χ3v) is 5.41. The van der Waals surface area contributed by atoms with E-state index >= 15 is 0 Å². The summed E-state index contributed by atoms with van der Waals surface area (Å²) in [5, 5.41) is 38.4. The van der Waals surface area contributed by atoms with Crippen molar-refractivity contribution in [1.82, 2.24) is 5.32 Å². The van der Waals surface area contributed by atoms with Gasteiger partial charge in [-0.15, -0.1) is 0 Å². The molecule has 0 aliphatic heterocycles. The molecule has 0 saturated carbocycles. The Balaban J connectivity index is 2.22. The zero-order chi connectivity index (χ0) is 26.2. The predicted octanol–water partition coefficient (Wildman–Crippen LogP) is 5.59. The van der Waals surface area contributed by atoms with Crippen molar-refractivity contribution in [2.45, 2.75) is 26.9 Å². The van der Waals surface area contributed by atoms with E-state index in [4.69, 9.17) is 0 Å². The van der Waals surface area contributed by atoms with E-state index in [0.717, 1.165) is 23.3 Å². The number of allylic oxidation sites excluding steroid dienone is 2. The number of non-ortho nitro benzene ring substituents is 1. The summed E-state index contributed by atoms with van der Waals surface area (Å²) in [6.07, 6.45) is 0. The summed E-state index contributed by atoms with van der Waals surface area (Å²) in [7, 11) is 0.